The molecule has 3 nitrogen and oxygen atoms in total. The molecule has 1 heterocycles. The van der Waals surface area contributed by atoms with Crippen LogP contribution in [0.5, 0.6) is 11.5 Å². The van der Waals surface area contributed by atoms with E-state index < -0.39 is 0 Å². The van der Waals surface area contributed by atoms with E-state index in [1.54, 1.807) is 6.07 Å². The van der Waals surface area contributed by atoms with Gasteiger partial charge in [-0.15, -0.1) is 17.0 Å². The first-order valence-electron chi connectivity index (χ1n) is 4.54. The predicted octanol–water partition coefficient (Wildman–Crippen LogP) is 2.28. The third-order valence-corrected chi connectivity index (χ3v) is 2.43. The number of anilines is 1. The summed E-state index contributed by atoms with van der Waals surface area (Å²) >= 11 is 0. The molecule has 1 aliphatic rings. The molecule has 2 N–H and O–H groups in total. The van der Waals surface area contributed by atoms with Crippen LogP contribution >= 0.6 is 17.0 Å². The van der Waals surface area contributed by atoms with Gasteiger partial charge in [-0.3, -0.25) is 0 Å². The molecule has 1 fully saturated rings. The molecule has 0 atom stereocenters. The van der Waals surface area contributed by atoms with Gasteiger partial charge in [0.25, 0.3) is 0 Å². The van der Waals surface area contributed by atoms with Crippen molar-refractivity contribution in [1.82, 2.24) is 0 Å². The van der Waals surface area contributed by atoms with Crippen molar-refractivity contribution in [2.75, 3.05) is 18.0 Å². The molecule has 0 radical (unpaired) electrons. The highest BCUT2D eigenvalue weighted by Crippen LogP contribution is 2.30. The second-order valence-corrected chi connectivity index (χ2v) is 3.37. The minimum atomic E-state index is -0.0528. The molecule has 1 aliphatic heterocycles. The van der Waals surface area contributed by atoms with Crippen LogP contribution in [0.15, 0.2) is 18.2 Å². The van der Waals surface area contributed by atoms with Crippen LogP contribution in [0.1, 0.15) is 12.8 Å². The first-order chi connectivity index (χ1) is 6.27. The van der Waals surface area contributed by atoms with Crippen molar-refractivity contribution < 1.29 is 10.2 Å². The maximum atomic E-state index is 9.28. The number of benzene rings is 1. The zero-order valence-electron chi connectivity index (χ0n) is 7.81. The summed E-state index contributed by atoms with van der Waals surface area (Å²) in [6.45, 7) is 2.09. The Labute approximate surface area is 93.7 Å². The smallest absolute Gasteiger partial charge is 0.159 e. The number of phenolic OH excluding ortho intramolecular Hbond substituents is 2. The second kappa shape index (κ2) is 4.55. The van der Waals surface area contributed by atoms with E-state index in [-0.39, 0.29) is 28.5 Å². The lowest BCUT2D eigenvalue weighted by Crippen LogP contribution is -2.17. The Morgan fingerprint density at radius 1 is 1.00 bits per heavy atom. The van der Waals surface area contributed by atoms with Crippen LogP contribution in [0.25, 0.3) is 0 Å². The largest absolute Gasteiger partial charge is 0.504 e. The summed E-state index contributed by atoms with van der Waals surface area (Å²) in [4.78, 5) is 2.21. The van der Waals surface area contributed by atoms with Crippen LogP contribution in [0.4, 0.5) is 5.69 Å². The van der Waals surface area contributed by atoms with Crippen LogP contribution in [-0.4, -0.2) is 23.3 Å². The monoisotopic (exact) mass is 259 g/mol. The highest BCUT2D eigenvalue weighted by molar-refractivity contribution is 8.93. The van der Waals surface area contributed by atoms with Gasteiger partial charge in [-0.05, 0) is 25.0 Å². The van der Waals surface area contributed by atoms with E-state index in [0.717, 1.165) is 18.8 Å². The summed E-state index contributed by atoms with van der Waals surface area (Å²) in [5, 5.41) is 18.4. The zero-order valence-corrected chi connectivity index (χ0v) is 9.52. The SMILES string of the molecule is Br.Oc1ccc(N2CCCC2)cc1O. The Kier molecular flexibility index (Phi) is 3.63. The fraction of sp³-hybridized carbons (Fsp3) is 0.400. The Bertz CT molecular complexity index is 311. The minimum absolute atomic E-state index is 0. The molecular weight excluding hydrogens is 246 g/mol. The third kappa shape index (κ3) is 2.12. The molecule has 78 valence electrons. The van der Waals surface area contributed by atoms with E-state index in [9.17, 15) is 5.11 Å². The highest BCUT2D eigenvalue weighted by atomic mass is 79.9. The maximum Gasteiger partial charge on any atom is 0.159 e. The van der Waals surface area contributed by atoms with Crippen molar-refractivity contribution >= 4 is 22.7 Å². The van der Waals surface area contributed by atoms with Gasteiger partial charge < -0.3 is 15.1 Å². The number of aromatic hydroxyl groups is 2. The molecule has 0 spiro atoms. The second-order valence-electron chi connectivity index (χ2n) is 3.37. The normalized spacial score (nSPS) is 15.3. The Hall–Kier alpha value is -0.900. The predicted molar refractivity (Wildman–Crippen MR) is 61.5 cm³/mol. The van der Waals surface area contributed by atoms with Gasteiger partial charge in [-0.2, -0.15) is 0 Å². The van der Waals surface area contributed by atoms with Crippen molar-refractivity contribution in [2.24, 2.45) is 0 Å². The summed E-state index contributed by atoms with van der Waals surface area (Å²) in [5.41, 5.74) is 0.993. The minimum Gasteiger partial charge on any atom is -0.504 e. The number of phenols is 2. The molecule has 1 aromatic rings. The number of hydrogen-bond acceptors (Lipinski definition) is 3. The number of rotatable bonds is 1. The molecule has 0 saturated carbocycles. The van der Waals surface area contributed by atoms with Crippen molar-refractivity contribution in [3.63, 3.8) is 0 Å². The van der Waals surface area contributed by atoms with Crippen LogP contribution in [-0.2, 0) is 0 Å². The van der Waals surface area contributed by atoms with E-state index in [1.165, 1.54) is 18.9 Å². The average molecular weight is 260 g/mol. The molecule has 14 heavy (non-hydrogen) atoms. The van der Waals surface area contributed by atoms with Crippen LogP contribution in [0.2, 0.25) is 0 Å². The first kappa shape index (κ1) is 11.2. The number of nitrogens with zero attached hydrogens (tertiary/aromatic N) is 1. The summed E-state index contributed by atoms with van der Waals surface area (Å²) < 4.78 is 0. The van der Waals surface area contributed by atoms with Gasteiger partial charge in [-0.25, -0.2) is 0 Å². The van der Waals surface area contributed by atoms with E-state index in [2.05, 4.69) is 4.90 Å². The molecule has 1 aromatic carbocycles. The van der Waals surface area contributed by atoms with Crippen molar-refractivity contribution in [1.29, 1.82) is 0 Å². The lowest BCUT2D eigenvalue weighted by Gasteiger charge is -2.17. The standard InChI is InChI=1S/C10H13NO2.BrH/c12-9-4-3-8(7-10(9)13)11-5-1-2-6-11;/h3-4,7,12-13H,1-2,5-6H2;1H. The van der Waals surface area contributed by atoms with Gasteiger partial charge in [0.05, 0.1) is 0 Å². The van der Waals surface area contributed by atoms with Gasteiger partial charge in [0, 0.05) is 24.8 Å². The van der Waals surface area contributed by atoms with Gasteiger partial charge in [0.2, 0.25) is 0 Å². The van der Waals surface area contributed by atoms with E-state index in [1.807, 2.05) is 6.07 Å². The van der Waals surface area contributed by atoms with E-state index in [0.29, 0.717) is 0 Å². The fourth-order valence-electron chi connectivity index (χ4n) is 1.68. The van der Waals surface area contributed by atoms with Crippen molar-refractivity contribution in [2.45, 2.75) is 12.8 Å². The molecule has 0 aliphatic carbocycles. The molecule has 1 saturated heterocycles. The van der Waals surface area contributed by atoms with Crippen LogP contribution in [0, 0.1) is 0 Å². The van der Waals surface area contributed by atoms with Gasteiger partial charge in [0.1, 0.15) is 0 Å². The molecule has 0 aromatic heterocycles. The van der Waals surface area contributed by atoms with Gasteiger partial charge in [0.15, 0.2) is 11.5 Å². The van der Waals surface area contributed by atoms with Crippen molar-refractivity contribution in [3.05, 3.63) is 18.2 Å². The molecular formula is C10H14BrNO2. The Morgan fingerprint density at radius 2 is 1.64 bits per heavy atom. The number of hydrogen-bond donors (Lipinski definition) is 2. The fourth-order valence-corrected chi connectivity index (χ4v) is 1.68. The Balaban J connectivity index is 0.000000980. The van der Waals surface area contributed by atoms with Gasteiger partial charge >= 0.3 is 0 Å². The third-order valence-electron chi connectivity index (χ3n) is 2.43. The molecule has 0 unspecified atom stereocenters. The summed E-state index contributed by atoms with van der Waals surface area (Å²) in [7, 11) is 0. The van der Waals surface area contributed by atoms with Crippen molar-refractivity contribution in [3.8, 4) is 11.5 Å². The zero-order chi connectivity index (χ0) is 9.26. The van der Waals surface area contributed by atoms with Gasteiger partial charge in [-0.1, -0.05) is 0 Å². The Morgan fingerprint density at radius 3 is 2.21 bits per heavy atom. The van der Waals surface area contributed by atoms with E-state index in [4.69, 9.17) is 5.11 Å². The molecule has 0 bridgehead atoms. The molecule has 2 rings (SSSR count). The van der Waals surface area contributed by atoms with Crippen LogP contribution in [0.3, 0.4) is 0 Å². The highest BCUT2D eigenvalue weighted by Gasteiger charge is 2.13. The lowest BCUT2D eigenvalue weighted by molar-refractivity contribution is 0.404. The topological polar surface area (TPSA) is 43.7 Å². The summed E-state index contributed by atoms with van der Waals surface area (Å²) in [6, 6.07) is 4.98. The lowest BCUT2D eigenvalue weighted by atomic mass is 10.2. The summed E-state index contributed by atoms with van der Waals surface area (Å²) in [5.74, 6) is -0.0904. The molecule has 0 amide bonds. The quantitative estimate of drug-likeness (QED) is 0.761. The van der Waals surface area contributed by atoms with Crippen LogP contribution < -0.4 is 4.90 Å². The molecule has 4 heteroatoms. The average Bonchev–Trinajstić information content (AvgIpc) is 2.62. The summed E-state index contributed by atoms with van der Waals surface area (Å²) in [6.07, 6.45) is 2.42. The first-order valence-corrected chi connectivity index (χ1v) is 4.54. The number of halogens is 1. The maximum absolute atomic E-state index is 9.28. The van der Waals surface area contributed by atoms with E-state index >= 15 is 0 Å².